The van der Waals surface area contributed by atoms with Gasteiger partial charge in [0.05, 0.1) is 11.3 Å². The van der Waals surface area contributed by atoms with Gasteiger partial charge in [-0.1, -0.05) is 12.1 Å². The molecule has 2 aliphatic carbocycles. The smallest absolute Gasteiger partial charge is 0.324 e. The summed E-state index contributed by atoms with van der Waals surface area (Å²) in [5.41, 5.74) is 1.50. The molecule has 0 saturated heterocycles. The predicted molar refractivity (Wildman–Crippen MR) is 80.7 cm³/mol. The summed E-state index contributed by atoms with van der Waals surface area (Å²) in [5.74, 6) is 0.805. The van der Waals surface area contributed by atoms with Crippen molar-refractivity contribution in [2.75, 3.05) is 5.32 Å². The molecule has 3 nitrogen and oxygen atoms in total. The van der Waals surface area contributed by atoms with Gasteiger partial charge in [0.1, 0.15) is 0 Å². The Morgan fingerprint density at radius 1 is 0.957 bits per heavy atom. The molecule has 2 aliphatic rings. The van der Waals surface area contributed by atoms with E-state index in [1.807, 2.05) is 24.3 Å². The molecule has 1 heterocycles. The molecule has 0 bridgehead atoms. The molecule has 2 saturated carbocycles. The van der Waals surface area contributed by atoms with E-state index in [-0.39, 0.29) is 17.6 Å². The maximum Gasteiger partial charge on any atom is 0.419 e. The van der Waals surface area contributed by atoms with Crippen molar-refractivity contribution in [3.63, 3.8) is 0 Å². The van der Waals surface area contributed by atoms with Crippen LogP contribution in [0.25, 0.3) is 0 Å². The van der Waals surface area contributed by atoms with E-state index >= 15 is 0 Å². The lowest BCUT2D eigenvalue weighted by atomic mass is 10.1. The van der Waals surface area contributed by atoms with Crippen LogP contribution in [0.15, 0.2) is 30.5 Å². The third kappa shape index (κ3) is 3.16. The highest BCUT2D eigenvalue weighted by Gasteiger charge is 2.40. The van der Waals surface area contributed by atoms with E-state index in [4.69, 9.17) is 0 Å². The first kappa shape index (κ1) is 14.5. The van der Waals surface area contributed by atoms with Crippen molar-refractivity contribution >= 4 is 11.6 Å². The molecule has 1 N–H and O–H groups in total. The number of hydrogen-bond acceptors (Lipinski definition) is 3. The lowest BCUT2D eigenvalue weighted by molar-refractivity contribution is -0.138. The van der Waals surface area contributed by atoms with Crippen molar-refractivity contribution in [1.29, 1.82) is 0 Å². The van der Waals surface area contributed by atoms with Gasteiger partial charge in [-0.2, -0.15) is 13.2 Å². The fourth-order valence-electron chi connectivity index (χ4n) is 2.73. The van der Waals surface area contributed by atoms with Gasteiger partial charge in [0.15, 0.2) is 0 Å². The summed E-state index contributed by atoms with van der Waals surface area (Å²) in [6, 6.07) is 7.94. The number of hydrogen-bond donors (Lipinski definition) is 1. The molecule has 0 atom stereocenters. The highest BCUT2D eigenvalue weighted by Crippen LogP contribution is 2.45. The summed E-state index contributed by atoms with van der Waals surface area (Å²) >= 11 is 0. The third-order valence-corrected chi connectivity index (χ3v) is 4.30. The van der Waals surface area contributed by atoms with Crippen LogP contribution in [0.1, 0.15) is 54.3 Å². The third-order valence-electron chi connectivity index (χ3n) is 4.30. The Kier molecular flexibility index (Phi) is 3.28. The Hall–Kier alpha value is -2.11. The molecule has 2 fully saturated rings. The van der Waals surface area contributed by atoms with Gasteiger partial charge >= 0.3 is 6.18 Å². The maximum atomic E-state index is 13.0. The van der Waals surface area contributed by atoms with Crippen LogP contribution in [0.3, 0.4) is 0 Å². The molecular weight excluding hydrogens is 303 g/mol. The number of halogens is 3. The van der Waals surface area contributed by atoms with Crippen LogP contribution in [0, 0.1) is 0 Å². The molecule has 1 aromatic carbocycles. The van der Waals surface area contributed by atoms with Gasteiger partial charge in [0.2, 0.25) is 5.95 Å². The second kappa shape index (κ2) is 5.22. The summed E-state index contributed by atoms with van der Waals surface area (Å²) in [4.78, 5) is 7.96. The molecule has 0 radical (unpaired) electrons. The number of aromatic nitrogens is 2. The van der Waals surface area contributed by atoms with E-state index in [1.165, 1.54) is 18.4 Å². The standard InChI is InChI=1S/C17H16F3N3/c18-17(19,20)14-9-21-16(23-15(14)12-3-4-12)22-13-7-5-11(6-8-13)10-1-2-10/h5-10,12H,1-4H2,(H,21,22,23). The molecule has 0 unspecified atom stereocenters. The topological polar surface area (TPSA) is 37.8 Å². The summed E-state index contributed by atoms with van der Waals surface area (Å²) < 4.78 is 39.1. The van der Waals surface area contributed by atoms with E-state index in [1.54, 1.807) is 0 Å². The number of nitrogens with zero attached hydrogens (tertiary/aromatic N) is 2. The van der Waals surface area contributed by atoms with E-state index in [0.717, 1.165) is 24.7 Å². The molecule has 2 aromatic rings. The zero-order chi connectivity index (χ0) is 16.0. The van der Waals surface area contributed by atoms with Crippen LogP contribution in [-0.4, -0.2) is 9.97 Å². The van der Waals surface area contributed by atoms with Gasteiger partial charge in [-0.15, -0.1) is 0 Å². The normalized spacial score (nSPS) is 18.0. The number of nitrogens with one attached hydrogen (secondary N) is 1. The minimum atomic E-state index is -4.40. The number of benzene rings is 1. The first-order chi connectivity index (χ1) is 11.0. The van der Waals surface area contributed by atoms with Crippen LogP contribution >= 0.6 is 0 Å². The zero-order valence-corrected chi connectivity index (χ0v) is 12.4. The molecule has 6 heteroatoms. The molecule has 0 aliphatic heterocycles. The van der Waals surface area contributed by atoms with E-state index in [9.17, 15) is 13.2 Å². The van der Waals surface area contributed by atoms with Crippen molar-refractivity contribution in [1.82, 2.24) is 9.97 Å². The predicted octanol–water partition coefficient (Wildman–Crippen LogP) is 4.99. The first-order valence-corrected chi connectivity index (χ1v) is 7.82. The second-order valence-corrected chi connectivity index (χ2v) is 6.29. The highest BCUT2D eigenvalue weighted by molar-refractivity contribution is 5.54. The van der Waals surface area contributed by atoms with Crippen LogP contribution in [-0.2, 0) is 6.18 Å². The van der Waals surface area contributed by atoms with Crippen LogP contribution in [0.5, 0.6) is 0 Å². The Bertz CT molecular complexity index is 717. The molecule has 120 valence electrons. The van der Waals surface area contributed by atoms with Crippen molar-refractivity contribution in [3.05, 3.63) is 47.3 Å². The highest BCUT2D eigenvalue weighted by atomic mass is 19.4. The van der Waals surface area contributed by atoms with E-state index in [2.05, 4.69) is 15.3 Å². The van der Waals surface area contributed by atoms with E-state index in [0.29, 0.717) is 5.92 Å². The molecule has 0 spiro atoms. The number of rotatable bonds is 4. The summed E-state index contributed by atoms with van der Waals surface area (Å²) in [6.07, 6.45) is 0.480. The fourth-order valence-corrected chi connectivity index (χ4v) is 2.73. The largest absolute Gasteiger partial charge is 0.419 e. The Balaban J connectivity index is 1.57. The van der Waals surface area contributed by atoms with E-state index < -0.39 is 11.7 Å². The lowest BCUT2D eigenvalue weighted by Crippen LogP contribution is -2.12. The summed E-state index contributed by atoms with van der Waals surface area (Å²) in [5, 5.41) is 3.00. The SMILES string of the molecule is FC(F)(F)c1cnc(Nc2ccc(C3CC3)cc2)nc1C1CC1. The average molecular weight is 319 g/mol. The van der Waals surface area contributed by atoms with Crippen LogP contribution in [0.4, 0.5) is 24.8 Å². The lowest BCUT2D eigenvalue weighted by Gasteiger charge is -2.13. The molecule has 1 aromatic heterocycles. The van der Waals surface area contributed by atoms with Gasteiger partial charge in [0.25, 0.3) is 0 Å². The maximum absolute atomic E-state index is 13.0. The minimum Gasteiger partial charge on any atom is -0.324 e. The van der Waals surface area contributed by atoms with Gasteiger partial charge in [-0.05, 0) is 49.3 Å². The first-order valence-electron chi connectivity index (χ1n) is 7.82. The zero-order valence-electron chi connectivity index (χ0n) is 12.4. The van der Waals surface area contributed by atoms with Gasteiger partial charge in [0, 0.05) is 17.8 Å². The monoisotopic (exact) mass is 319 g/mol. The van der Waals surface area contributed by atoms with Crippen molar-refractivity contribution in [2.24, 2.45) is 0 Å². The van der Waals surface area contributed by atoms with Gasteiger partial charge in [-0.3, -0.25) is 0 Å². The average Bonchev–Trinajstić information content (AvgIpc) is 3.39. The van der Waals surface area contributed by atoms with Crippen LogP contribution in [0.2, 0.25) is 0 Å². The Morgan fingerprint density at radius 2 is 1.61 bits per heavy atom. The van der Waals surface area contributed by atoms with Gasteiger partial charge in [-0.25, -0.2) is 9.97 Å². The van der Waals surface area contributed by atoms with Crippen molar-refractivity contribution < 1.29 is 13.2 Å². The quantitative estimate of drug-likeness (QED) is 0.862. The minimum absolute atomic E-state index is 0.0904. The summed E-state index contributed by atoms with van der Waals surface area (Å²) in [6.45, 7) is 0. The second-order valence-electron chi connectivity index (χ2n) is 6.29. The molecule has 4 rings (SSSR count). The van der Waals surface area contributed by atoms with Crippen LogP contribution < -0.4 is 5.32 Å². The molecule has 0 amide bonds. The molecule has 23 heavy (non-hydrogen) atoms. The number of anilines is 2. The van der Waals surface area contributed by atoms with Crippen molar-refractivity contribution in [2.45, 2.75) is 43.7 Å². The van der Waals surface area contributed by atoms with Crippen molar-refractivity contribution in [3.8, 4) is 0 Å². The fraction of sp³-hybridized carbons (Fsp3) is 0.412. The molecular formula is C17H16F3N3. The van der Waals surface area contributed by atoms with Gasteiger partial charge < -0.3 is 5.32 Å². The Labute approximate surface area is 132 Å². The Morgan fingerprint density at radius 3 is 2.17 bits per heavy atom. The summed E-state index contributed by atoms with van der Waals surface area (Å²) in [7, 11) is 0. The number of alkyl halides is 3.